The fourth-order valence-corrected chi connectivity index (χ4v) is 4.31. The van der Waals surface area contributed by atoms with Crippen molar-refractivity contribution in [1.29, 1.82) is 0 Å². The molecule has 2 N–H and O–H groups in total. The number of amides is 2. The second-order valence-corrected chi connectivity index (χ2v) is 8.37. The lowest BCUT2D eigenvalue weighted by atomic mass is 10.1. The number of fused-ring (bicyclic) bond motifs is 2. The molecule has 182 valence electrons. The fraction of sp³-hybridized carbons (Fsp3) is 0.185. The van der Waals surface area contributed by atoms with Crippen LogP contribution in [-0.4, -0.2) is 37.9 Å². The van der Waals surface area contributed by atoms with Crippen LogP contribution in [0.1, 0.15) is 39.2 Å². The van der Waals surface area contributed by atoms with E-state index < -0.39 is 0 Å². The van der Waals surface area contributed by atoms with Gasteiger partial charge in [0.1, 0.15) is 17.2 Å². The predicted octanol–water partition coefficient (Wildman–Crippen LogP) is 3.97. The summed E-state index contributed by atoms with van der Waals surface area (Å²) in [6, 6.07) is 16.2. The van der Waals surface area contributed by atoms with Crippen molar-refractivity contribution in [3.05, 3.63) is 89.6 Å². The molecule has 9 heteroatoms. The van der Waals surface area contributed by atoms with Crippen LogP contribution in [0.15, 0.2) is 67.0 Å². The van der Waals surface area contributed by atoms with Crippen molar-refractivity contribution in [2.24, 2.45) is 7.05 Å². The predicted molar refractivity (Wildman–Crippen MR) is 137 cm³/mol. The summed E-state index contributed by atoms with van der Waals surface area (Å²) in [6.45, 7) is 2.28. The van der Waals surface area contributed by atoms with Gasteiger partial charge in [0.05, 0.1) is 41.6 Å². The number of hydrogen-bond donors (Lipinski definition) is 2. The van der Waals surface area contributed by atoms with Crippen molar-refractivity contribution in [2.45, 2.75) is 19.9 Å². The second-order valence-electron chi connectivity index (χ2n) is 8.37. The number of carbonyl (C=O) groups excluding carboxylic acids is 2. The number of rotatable bonds is 7. The lowest BCUT2D eigenvalue weighted by Crippen LogP contribution is -2.23. The first-order chi connectivity index (χ1) is 17.5. The lowest BCUT2D eigenvalue weighted by Gasteiger charge is -2.13. The topological polar surface area (TPSA) is 103 Å². The molecule has 0 aliphatic rings. The molecule has 5 rings (SSSR count). The Hall–Kier alpha value is -4.66. The number of nitrogens with one attached hydrogen (secondary N) is 2. The highest BCUT2D eigenvalue weighted by atomic mass is 16.5. The SMILES string of the molecule is CCc1nc2cc(C(=O)NCc3cn4ccccc4n3)cc(NC(=O)c3ccccc3OC)c2n1C. The third kappa shape index (κ3) is 4.26. The number of nitrogens with zero attached hydrogens (tertiary/aromatic N) is 4. The van der Waals surface area contributed by atoms with E-state index in [1.54, 1.807) is 36.4 Å². The highest BCUT2D eigenvalue weighted by molar-refractivity contribution is 6.11. The highest BCUT2D eigenvalue weighted by Crippen LogP contribution is 2.28. The Kier molecular flexibility index (Phi) is 6.12. The van der Waals surface area contributed by atoms with Gasteiger partial charge in [-0.15, -0.1) is 0 Å². The molecule has 2 aromatic carbocycles. The number of ether oxygens (including phenoxy) is 1. The monoisotopic (exact) mass is 482 g/mol. The van der Waals surface area contributed by atoms with Gasteiger partial charge in [-0.25, -0.2) is 9.97 Å². The first-order valence-electron chi connectivity index (χ1n) is 11.6. The first-order valence-corrected chi connectivity index (χ1v) is 11.6. The van der Waals surface area contributed by atoms with Gasteiger partial charge in [-0.05, 0) is 36.4 Å². The highest BCUT2D eigenvalue weighted by Gasteiger charge is 2.19. The molecule has 0 bridgehead atoms. The van der Waals surface area contributed by atoms with Crippen LogP contribution in [0.4, 0.5) is 5.69 Å². The number of aromatic nitrogens is 4. The lowest BCUT2D eigenvalue weighted by molar-refractivity contribution is 0.0949. The Morgan fingerprint density at radius 3 is 2.61 bits per heavy atom. The number of para-hydroxylation sites is 1. The van der Waals surface area contributed by atoms with E-state index in [2.05, 4.69) is 20.6 Å². The van der Waals surface area contributed by atoms with E-state index >= 15 is 0 Å². The van der Waals surface area contributed by atoms with E-state index in [-0.39, 0.29) is 18.4 Å². The summed E-state index contributed by atoms with van der Waals surface area (Å²) < 4.78 is 9.18. The van der Waals surface area contributed by atoms with Gasteiger partial charge in [0.2, 0.25) is 0 Å². The summed E-state index contributed by atoms with van der Waals surface area (Å²) >= 11 is 0. The van der Waals surface area contributed by atoms with Crippen LogP contribution in [0.2, 0.25) is 0 Å². The van der Waals surface area contributed by atoms with E-state index in [0.717, 1.165) is 22.7 Å². The van der Waals surface area contributed by atoms with E-state index in [1.165, 1.54) is 7.11 Å². The number of benzene rings is 2. The van der Waals surface area contributed by atoms with Crippen molar-refractivity contribution < 1.29 is 14.3 Å². The molecule has 36 heavy (non-hydrogen) atoms. The molecule has 0 saturated heterocycles. The summed E-state index contributed by atoms with van der Waals surface area (Å²) in [5.41, 5.74) is 4.21. The van der Waals surface area contributed by atoms with Gasteiger partial charge in [0.25, 0.3) is 11.8 Å². The molecular weight excluding hydrogens is 456 g/mol. The zero-order valence-corrected chi connectivity index (χ0v) is 20.3. The number of methoxy groups -OCH3 is 1. The van der Waals surface area contributed by atoms with Crippen LogP contribution in [0, 0.1) is 0 Å². The average Bonchev–Trinajstić information content (AvgIpc) is 3.47. The molecule has 0 unspecified atom stereocenters. The summed E-state index contributed by atoms with van der Waals surface area (Å²) in [7, 11) is 3.42. The molecule has 3 aromatic heterocycles. The average molecular weight is 483 g/mol. The van der Waals surface area contributed by atoms with Crippen molar-refractivity contribution in [1.82, 2.24) is 24.3 Å². The van der Waals surface area contributed by atoms with Gasteiger partial charge in [0.15, 0.2) is 0 Å². The van der Waals surface area contributed by atoms with E-state index in [1.807, 2.05) is 53.5 Å². The maximum atomic E-state index is 13.2. The summed E-state index contributed by atoms with van der Waals surface area (Å²) in [5, 5.41) is 5.89. The van der Waals surface area contributed by atoms with Crippen LogP contribution in [0.3, 0.4) is 0 Å². The third-order valence-corrected chi connectivity index (χ3v) is 6.08. The van der Waals surface area contributed by atoms with Gasteiger partial charge in [0, 0.05) is 31.4 Å². The molecule has 5 aromatic rings. The fourth-order valence-electron chi connectivity index (χ4n) is 4.31. The summed E-state index contributed by atoms with van der Waals surface area (Å²) in [5.74, 6) is 0.688. The first kappa shape index (κ1) is 23.1. The second kappa shape index (κ2) is 9.53. The maximum absolute atomic E-state index is 13.2. The number of pyridine rings is 1. The van der Waals surface area contributed by atoms with Crippen LogP contribution >= 0.6 is 0 Å². The molecule has 2 amide bonds. The normalized spacial score (nSPS) is 11.1. The number of carbonyl (C=O) groups is 2. The quantitative estimate of drug-likeness (QED) is 0.365. The molecular formula is C27H26N6O3. The molecule has 0 fully saturated rings. The van der Waals surface area contributed by atoms with Crippen LogP contribution in [-0.2, 0) is 20.0 Å². The minimum Gasteiger partial charge on any atom is -0.496 e. The Morgan fingerprint density at radius 2 is 1.83 bits per heavy atom. The van der Waals surface area contributed by atoms with E-state index in [0.29, 0.717) is 34.5 Å². The number of imidazole rings is 2. The summed E-state index contributed by atoms with van der Waals surface area (Å²) in [4.78, 5) is 35.5. The van der Waals surface area contributed by atoms with Crippen molar-refractivity contribution in [3.8, 4) is 5.75 Å². The zero-order valence-electron chi connectivity index (χ0n) is 20.3. The maximum Gasteiger partial charge on any atom is 0.259 e. The van der Waals surface area contributed by atoms with Gasteiger partial charge in [-0.3, -0.25) is 9.59 Å². The summed E-state index contributed by atoms with van der Waals surface area (Å²) in [6.07, 6.45) is 4.50. The van der Waals surface area contributed by atoms with Crippen LogP contribution < -0.4 is 15.4 Å². The molecule has 0 aliphatic carbocycles. The third-order valence-electron chi connectivity index (χ3n) is 6.08. The standard InChI is InChI=1S/C27H26N6O3/c1-4-23-30-20-13-17(26(34)28-15-18-16-33-12-8-7-11-24(33)29-18)14-21(25(20)32(23)2)31-27(35)19-9-5-6-10-22(19)36-3/h5-14,16H,4,15H2,1-3H3,(H,28,34)(H,31,35). The molecule has 0 radical (unpaired) electrons. The Bertz CT molecular complexity index is 1570. The van der Waals surface area contributed by atoms with Crippen molar-refractivity contribution in [3.63, 3.8) is 0 Å². The Balaban J connectivity index is 1.46. The minimum absolute atomic E-state index is 0.268. The van der Waals surface area contributed by atoms with Gasteiger partial charge in [-0.1, -0.05) is 25.1 Å². The van der Waals surface area contributed by atoms with Gasteiger partial charge in [-0.2, -0.15) is 0 Å². The van der Waals surface area contributed by atoms with Gasteiger partial charge < -0.3 is 24.3 Å². The van der Waals surface area contributed by atoms with Crippen molar-refractivity contribution >= 4 is 34.2 Å². The molecule has 0 atom stereocenters. The molecule has 0 aliphatic heterocycles. The largest absolute Gasteiger partial charge is 0.496 e. The Morgan fingerprint density at radius 1 is 1.03 bits per heavy atom. The van der Waals surface area contributed by atoms with Crippen LogP contribution in [0.5, 0.6) is 5.75 Å². The van der Waals surface area contributed by atoms with E-state index in [4.69, 9.17) is 4.74 Å². The molecule has 0 spiro atoms. The zero-order chi connectivity index (χ0) is 25.2. The molecule has 0 saturated carbocycles. The number of aryl methyl sites for hydroxylation is 2. The molecule has 3 heterocycles. The number of anilines is 1. The molecule has 9 nitrogen and oxygen atoms in total. The smallest absolute Gasteiger partial charge is 0.259 e. The van der Waals surface area contributed by atoms with Crippen molar-refractivity contribution in [2.75, 3.05) is 12.4 Å². The van der Waals surface area contributed by atoms with Gasteiger partial charge >= 0.3 is 0 Å². The van der Waals surface area contributed by atoms with E-state index in [9.17, 15) is 9.59 Å². The number of hydrogen-bond acceptors (Lipinski definition) is 5. The Labute approximate surface area is 207 Å². The minimum atomic E-state index is -0.338. The van der Waals surface area contributed by atoms with Crippen LogP contribution in [0.25, 0.3) is 16.7 Å².